The molecule has 41 heavy (non-hydrogen) atoms. The number of hydrogen-bond acceptors (Lipinski definition) is 7. The molecule has 0 unspecified atom stereocenters. The number of carbonyl (C=O) groups is 2. The second-order valence-electron chi connectivity index (χ2n) is 12.6. The van der Waals surface area contributed by atoms with Gasteiger partial charge in [-0.3, -0.25) is 9.59 Å². The van der Waals surface area contributed by atoms with Gasteiger partial charge >= 0.3 is 10.1 Å². The highest BCUT2D eigenvalue weighted by Gasteiger charge is 2.48. The van der Waals surface area contributed by atoms with Crippen molar-refractivity contribution < 1.29 is 26.9 Å². The van der Waals surface area contributed by atoms with Crippen molar-refractivity contribution in [2.24, 2.45) is 10.8 Å². The Morgan fingerprint density at radius 3 is 1.90 bits per heavy atom. The number of hydrogen-bond donors (Lipinski definition) is 0. The summed E-state index contributed by atoms with van der Waals surface area (Å²) in [5.74, 6) is -0.455. The van der Waals surface area contributed by atoms with Crippen LogP contribution in [0.1, 0.15) is 64.9 Å². The zero-order chi connectivity index (χ0) is 30.1. The molecule has 2 aromatic rings. The van der Waals surface area contributed by atoms with Crippen molar-refractivity contribution in [3.05, 3.63) is 74.0 Å². The molecule has 0 radical (unpaired) electrons. The molecule has 0 fully saturated rings. The van der Waals surface area contributed by atoms with Gasteiger partial charge in [0.1, 0.15) is 4.90 Å². The number of rotatable bonds is 5. The van der Waals surface area contributed by atoms with Crippen LogP contribution >= 0.6 is 27.5 Å². The molecule has 3 aliphatic rings. The smallest absolute Gasteiger partial charge is 0.339 e. The normalized spacial score (nSPS) is 20.6. The van der Waals surface area contributed by atoms with Crippen LogP contribution in [-0.2, 0) is 19.7 Å². The monoisotopic (exact) mass is 661 g/mol. The predicted octanol–water partition coefficient (Wildman–Crippen LogP) is 7.19. The van der Waals surface area contributed by atoms with Crippen molar-refractivity contribution in [1.29, 1.82) is 0 Å². The van der Waals surface area contributed by atoms with E-state index in [9.17, 15) is 18.0 Å². The molecule has 0 aromatic heterocycles. The SMILES string of the molecule is COc1cc(C2C3=C(CC(C)(C)CC3=O)N(C)C3=C2C(=O)CC(C)(C)C3)cc(Br)c1OS(=O)(=O)c1ccc(Cl)cc1. The van der Waals surface area contributed by atoms with E-state index in [4.69, 9.17) is 20.5 Å². The topological polar surface area (TPSA) is 90.0 Å². The number of ether oxygens (including phenoxy) is 1. The van der Waals surface area contributed by atoms with Crippen molar-refractivity contribution in [1.82, 2.24) is 4.90 Å². The number of benzene rings is 2. The molecule has 2 aromatic carbocycles. The van der Waals surface area contributed by atoms with Gasteiger partial charge in [-0.2, -0.15) is 8.42 Å². The Bertz CT molecular complexity index is 1590. The van der Waals surface area contributed by atoms with Gasteiger partial charge in [-0.25, -0.2) is 0 Å². The molecule has 0 saturated carbocycles. The van der Waals surface area contributed by atoms with E-state index >= 15 is 0 Å². The van der Waals surface area contributed by atoms with E-state index in [-0.39, 0.29) is 38.8 Å². The van der Waals surface area contributed by atoms with Gasteiger partial charge in [0.15, 0.2) is 23.1 Å². The Hall–Kier alpha value is -2.62. The van der Waals surface area contributed by atoms with Gasteiger partial charge in [-0.15, -0.1) is 0 Å². The number of allylic oxidation sites excluding steroid dienone is 4. The number of methoxy groups -OCH3 is 1. The summed E-state index contributed by atoms with van der Waals surface area (Å²) < 4.78 is 37.7. The van der Waals surface area contributed by atoms with Crippen molar-refractivity contribution in [3.8, 4) is 11.5 Å². The van der Waals surface area contributed by atoms with E-state index in [0.29, 0.717) is 51.9 Å². The Morgan fingerprint density at radius 1 is 0.902 bits per heavy atom. The average Bonchev–Trinajstić information content (AvgIpc) is 2.85. The van der Waals surface area contributed by atoms with E-state index in [1.54, 1.807) is 12.1 Å². The first-order valence-corrected chi connectivity index (χ1v) is 16.0. The van der Waals surface area contributed by atoms with E-state index in [0.717, 1.165) is 11.4 Å². The molecular formula is C31H33BrClNO6S. The largest absolute Gasteiger partial charge is 0.493 e. The summed E-state index contributed by atoms with van der Waals surface area (Å²) >= 11 is 9.42. The molecule has 0 amide bonds. The second-order valence-corrected chi connectivity index (χ2v) is 15.5. The molecule has 1 heterocycles. The molecule has 5 rings (SSSR count). The lowest BCUT2D eigenvalue weighted by molar-refractivity contribution is -0.119. The molecule has 7 nitrogen and oxygen atoms in total. The standard InChI is InChI=1S/C31H33BrClNO6S/c1-30(2)13-21-27(23(35)15-30)26(28-22(34(21)5)14-31(3,4)16-24(28)36)17-11-20(32)29(25(12-17)39-6)40-41(37,38)19-9-7-18(33)8-10-19/h7-12,26H,13-16H2,1-6H3. The first-order chi connectivity index (χ1) is 19.0. The van der Waals surface area contributed by atoms with E-state index < -0.39 is 16.0 Å². The lowest BCUT2D eigenvalue weighted by Crippen LogP contribution is -2.43. The van der Waals surface area contributed by atoms with Gasteiger partial charge in [0.05, 0.1) is 11.6 Å². The third-order valence-corrected chi connectivity index (χ3v) is 10.1. The van der Waals surface area contributed by atoms with Gasteiger partial charge in [-0.05, 0) is 81.6 Å². The number of halogens is 2. The summed E-state index contributed by atoms with van der Waals surface area (Å²) in [4.78, 5) is 29.6. The number of ketones is 2. The summed E-state index contributed by atoms with van der Waals surface area (Å²) in [5.41, 5.74) is 3.33. The molecule has 1 aliphatic heterocycles. The fraction of sp³-hybridized carbons (Fsp3) is 0.419. The van der Waals surface area contributed by atoms with Gasteiger partial charge in [0.25, 0.3) is 0 Å². The molecular weight excluding hydrogens is 630 g/mol. The maximum absolute atomic E-state index is 13.8. The maximum atomic E-state index is 13.8. The summed E-state index contributed by atoms with van der Waals surface area (Å²) in [6.07, 6.45) is 2.14. The van der Waals surface area contributed by atoms with Crippen LogP contribution in [0.2, 0.25) is 5.02 Å². The molecule has 0 atom stereocenters. The van der Waals surface area contributed by atoms with Crippen LogP contribution in [0.15, 0.2) is 68.3 Å². The minimum atomic E-state index is -4.21. The Morgan fingerprint density at radius 2 is 1.41 bits per heavy atom. The first-order valence-electron chi connectivity index (χ1n) is 13.4. The Balaban J connectivity index is 1.67. The predicted molar refractivity (Wildman–Crippen MR) is 161 cm³/mol. The lowest BCUT2D eigenvalue weighted by Gasteiger charge is -2.48. The van der Waals surface area contributed by atoms with Gasteiger partial charge < -0.3 is 13.8 Å². The quantitative estimate of drug-likeness (QED) is 0.313. The van der Waals surface area contributed by atoms with Crippen LogP contribution in [-0.4, -0.2) is 39.0 Å². The number of carbonyl (C=O) groups excluding carboxylic acids is 2. The molecule has 0 bridgehead atoms. The second kappa shape index (κ2) is 10.3. The molecule has 218 valence electrons. The highest BCUT2D eigenvalue weighted by Crippen LogP contribution is 2.55. The maximum Gasteiger partial charge on any atom is 0.339 e. The van der Waals surface area contributed by atoms with Crippen LogP contribution in [0.3, 0.4) is 0 Å². The van der Waals surface area contributed by atoms with Crippen LogP contribution < -0.4 is 8.92 Å². The Kier molecular flexibility index (Phi) is 7.48. The highest BCUT2D eigenvalue weighted by atomic mass is 79.9. The minimum Gasteiger partial charge on any atom is -0.493 e. The summed E-state index contributed by atoms with van der Waals surface area (Å²) in [5, 5.41) is 0.397. The van der Waals surface area contributed by atoms with Crippen molar-refractivity contribution in [3.63, 3.8) is 0 Å². The third-order valence-electron chi connectivity index (χ3n) is 8.06. The summed E-state index contributed by atoms with van der Waals surface area (Å²) in [7, 11) is -0.840. The molecule has 2 aliphatic carbocycles. The lowest BCUT2D eigenvalue weighted by atomic mass is 9.64. The van der Waals surface area contributed by atoms with Crippen molar-refractivity contribution >= 4 is 49.2 Å². The van der Waals surface area contributed by atoms with Crippen LogP contribution in [0.5, 0.6) is 11.5 Å². The summed E-state index contributed by atoms with van der Waals surface area (Å²) in [6.45, 7) is 8.35. The molecule has 0 saturated heterocycles. The van der Waals surface area contributed by atoms with Crippen molar-refractivity contribution in [2.45, 2.75) is 64.2 Å². The fourth-order valence-electron chi connectivity index (χ4n) is 6.24. The Labute approximate surface area is 254 Å². The van der Waals surface area contributed by atoms with Gasteiger partial charge in [0, 0.05) is 53.4 Å². The third kappa shape index (κ3) is 5.48. The van der Waals surface area contributed by atoms with Crippen LogP contribution in [0.25, 0.3) is 0 Å². The zero-order valence-electron chi connectivity index (χ0n) is 23.9. The van der Waals surface area contributed by atoms with Crippen molar-refractivity contribution in [2.75, 3.05) is 14.2 Å². The van der Waals surface area contributed by atoms with E-state index in [2.05, 4.69) is 48.5 Å². The molecule has 10 heteroatoms. The van der Waals surface area contributed by atoms with Gasteiger partial charge in [-0.1, -0.05) is 39.3 Å². The summed E-state index contributed by atoms with van der Waals surface area (Å²) in [6, 6.07) is 9.05. The first kappa shape index (κ1) is 29.9. The number of nitrogens with zero attached hydrogens (tertiary/aromatic N) is 1. The highest BCUT2D eigenvalue weighted by molar-refractivity contribution is 9.10. The van der Waals surface area contributed by atoms with Crippen LogP contribution in [0.4, 0.5) is 0 Å². The molecule has 0 spiro atoms. The minimum absolute atomic E-state index is 0.0121. The number of Topliss-reactive ketones (excluding diaryl/α,β-unsaturated/α-hetero) is 2. The van der Waals surface area contributed by atoms with Gasteiger partial charge in [0.2, 0.25) is 0 Å². The molecule has 0 N–H and O–H groups in total. The van der Waals surface area contributed by atoms with Crippen LogP contribution in [0, 0.1) is 10.8 Å². The average molecular weight is 663 g/mol. The zero-order valence-corrected chi connectivity index (χ0v) is 27.1. The van der Waals surface area contributed by atoms with E-state index in [1.165, 1.54) is 31.4 Å². The van der Waals surface area contributed by atoms with E-state index in [1.807, 2.05) is 7.05 Å². The fourth-order valence-corrected chi connectivity index (χ4v) is 7.98.